The maximum atomic E-state index is 13.3. The second-order valence-electron chi connectivity index (χ2n) is 3.43. The van der Waals surface area contributed by atoms with Crippen molar-refractivity contribution in [1.82, 2.24) is 15.0 Å². The summed E-state index contributed by atoms with van der Waals surface area (Å²) in [6, 6.07) is 0.0383. The van der Waals surface area contributed by atoms with Crippen LogP contribution >= 0.6 is 0 Å². The standard InChI is InChI=1S/C10H9F3N4/c1-5(9-14-2-3-15-9)16-10-7(12)4-6(11)8(13)17-10/h2-5H,1H3,(H,14,15)(H,16,17). The molecule has 17 heavy (non-hydrogen) atoms. The minimum absolute atomic E-state index is 0.354. The molecule has 0 saturated carbocycles. The number of imidazole rings is 1. The van der Waals surface area contributed by atoms with Gasteiger partial charge in [0.05, 0.1) is 6.04 Å². The van der Waals surface area contributed by atoms with Crippen LogP contribution in [0.1, 0.15) is 18.8 Å². The Morgan fingerprint density at radius 1 is 1.29 bits per heavy atom. The van der Waals surface area contributed by atoms with Crippen LogP contribution in [0.3, 0.4) is 0 Å². The Balaban J connectivity index is 2.22. The lowest BCUT2D eigenvalue weighted by atomic mass is 10.3. The van der Waals surface area contributed by atoms with Crippen LogP contribution in [0.25, 0.3) is 0 Å². The van der Waals surface area contributed by atoms with E-state index in [1.54, 1.807) is 13.1 Å². The van der Waals surface area contributed by atoms with E-state index < -0.39 is 23.6 Å². The fourth-order valence-corrected chi connectivity index (χ4v) is 1.33. The third kappa shape index (κ3) is 2.38. The first-order chi connectivity index (χ1) is 8.08. The maximum Gasteiger partial charge on any atom is 0.251 e. The Bertz CT molecular complexity index is 513. The molecule has 0 bridgehead atoms. The summed E-state index contributed by atoms with van der Waals surface area (Å²) in [5.41, 5.74) is 0. The number of pyridine rings is 1. The fraction of sp³-hybridized carbons (Fsp3) is 0.200. The molecule has 2 heterocycles. The average Bonchev–Trinajstić information content (AvgIpc) is 2.79. The second kappa shape index (κ2) is 4.44. The molecular formula is C10H9F3N4. The maximum absolute atomic E-state index is 13.3. The third-order valence-electron chi connectivity index (χ3n) is 2.17. The quantitative estimate of drug-likeness (QED) is 0.812. The lowest BCUT2D eigenvalue weighted by molar-refractivity contribution is 0.465. The van der Waals surface area contributed by atoms with E-state index in [2.05, 4.69) is 20.3 Å². The Morgan fingerprint density at radius 3 is 2.71 bits per heavy atom. The summed E-state index contributed by atoms with van der Waals surface area (Å²) in [4.78, 5) is 9.91. The van der Waals surface area contributed by atoms with Gasteiger partial charge in [-0.15, -0.1) is 0 Å². The Kier molecular flexibility index (Phi) is 2.99. The van der Waals surface area contributed by atoms with Gasteiger partial charge in [-0.2, -0.15) is 9.37 Å². The molecule has 90 valence electrons. The molecule has 1 atom stereocenters. The Labute approximate surface area is 94.9 Å². The molecule has 0 spiro atoms. The molecule has 0 aliphatic rings. The van der Waals surface area contributed by atoms with Crippen molar-refractivity contribution < 1.29 is 13.2 Å². The molecule has 0 radical (unpaired) electrons. The zero-order chi connectivity index (χ0) is 12.4. The number of aromatic nitrogens is 3. The van der Waals surface area contributed by atoms with Gasteiger partial charge in [-0.3, -0.25) is 0 Å². The van der Waals surface area contributed by atoms with Gasteiger partial charge in [-0.25, -0.2) is 13.8 Å². The second-order valence-corrected chi connectivity index (χ2v) is 3.43. The predicted molar refractivity (Wildman–Crippen MR) is 54.7 cm³/mol. The molecular weight excluding hydrogens is 233 g/mol. The molecule has 0 amide bonds. The van der Waals surface area contributed by atoms with Crippen molar-refractivity contribution in [3.8, 4) is 0 Å². The zero-order valence-electron chi connectivity index (χ0n) is 8.84. The molecule has 2 rings (SSSR count). The lowest BCUT2D eigenvalue weighted by Crippen LogP contribution is -2.12. The Hall–Kier alpha value is -2.05. The molecule has 2 aromatic rings. The summed E-state index contributed by atoms with van der Waals surface area (Å²) in [7, 11) is 0. The van der Waals surface area contributed by atoms with Crippen LogP contribution in [0, 0.1) is 17.6 Å². The summed E-state index contributed by atoms with van der Waals surface area (Å²) < 4.78 is 38.8. The van der Waals surface area contributed by atoms with Crippen molar-refractivity contribution >= 4 is 5.82 Å². The summed E-state index contributed by atoms with van der Waals surface area (Å²) in [5, 5.41) is 2.59. The van der Waals surface area contributed by atoms with Gasteiger partial charge < -0.3 is 10.3 Å². The minimum atomic E-state index is -1.35. The van der Waals surface area contributed by atoms with Gasteiger partial charge in [-0.05, 0) is 6.92 Å². The highest BCUT2D eigenvalue weighted by Gasteiger charge is 2.15. The number of nitrogens with zero attached hydrogens (tertiary/aromatic N) is 2. The van der Waals surface area contributed by atoms with E-state index in [-0.39, 0.29) is 5.82 Å². The number of hydrogen-bond acceptors (Lipinski definition) is 3. The number of H-pyrrole nitrogens is 1. The van der Waals surface area contributed by atoms with Gasteiger partial charge in [0.15, 0.2) is 17.5 Å². The highest BCUT2D eigenvalue weighted by atomic mass is 19.2. The van der Waals surface area contributed by atoms with Crippen molar-refractivity contribution in [3.05, 3.63) is 41.9 Å². The topological polar surface area (TPSA) is 53.6 Å². The zero-order valence-corrected chi connectivity index (χ0v) is 8.84. The Morgan fingerprint density at radius 2 is 2.06 bits per heavy atom. The molecule has 0 aliphatic carbocycles. The van der Waals surface area contributed by atoms with Crippen LogP contribution in [-0.4, -0.2) is 15.0 Å². The largest absolute Gasteiger partial charge is 0.358 e. The number of hydrogen-bond donors (Lipinski definition) is 2. The van der Waals surface area contributed by atoms with Crippen LogP contribution in [-0.2, 0) is 0 Å². The van der Waals surface area contributed by atoms with E-state index in [0.717, 1.165) is 0 Å². The molecule has 1 unspecified atom stereocenters. The van der Waals surface area contributed by atoms with E-state index in [9.17, 15) is 13.2 Å². The fourth-order valence-electron chi connectivity index (χ4n) is 1.33. The molecule has 4 nitrogen and oxygen atoms in total. The van der Waals surface area contributed by atoms with Crippen LogP contribution in [0.4, 0.5) is 19.0 Å². The first-order valence-corrected chi connectivity index (χ1v) is 4.85. The van der Waals surface area contributed by atoms with Gasteiger partial charge in [-0.1, -0.05) is 0 Å². The first-order valence-electron chi connectivity index (χ1n) is 4.85. The summed E-state index contributed by atoms with van der Waals surface area (Å²) in [6.45, 7) is 1.68. The van der Waals surface area contributed by atoms with E-state index >= 15 is 0 Å². The number of anilines is 1. The average molecular weight is 242 g/mol. The number of nitrogens with one attached hydrogen (secondary N) is 2. The molecule has 2 N–H and O–H groups in total. The van der Waals surface area contributed by atoms with Gasteiger partial charge in [0.25, 0.3) is 5.95 Å². The lowest BCUT2D eigenvalue weighted by Gasteiger charge is -2.12. The van der Waals surface area contributed by atoms with Crippen molar-refractivity contribution in [2.45, 2.75) is 13.0 Å². The highest BCUT2D eigenvalue weighted by Crippen LogP contribution is 2.19. The SMILES string of the molecule is CC(Nc1nc(F)c(F)cc1F)c1ncc[nH]1. The first kappa shape index (κ1) is 11.4. The van der Waals surface area contributed by atoms with Gasteiger partial charge in [0, 0.05) is 18.5 Å². The minimum Gasteiger partial charge on any atom is -0.358 e. The third-order valence-corrected chi connectivity index (χ3v) is 2.17. The van der Waals surface area contributed by atoms with E-state index in [1.165, 1.54) is 6.20 Å². The van der Waals surface area contributed by atoms with Crippen molar-refractivity contribution in [3.63, 3.8) is 0 Å². The summed E-state index contributed by atoms with van der Waals surface area (Å²) >= 11 is 0. The molecule has 0 aliphatic heterocycles. The van der Waals surface area contributed by atoms with Crippen LogP contribution in [0.2, 0.25) is 0 Å². The number of aromatic amines is 1. The van der Waals surface area contributed by atoms with Gasteiger partial charge >= 0.3 is 0 Å². The van der Waals surface area contributed by atoms with Gasteiger partial charge in [0.1, 0.15) is 5.82 Å². The summed E-state index contributed by atoms with van der Waals surface area (Å²) in [6.07, 6.45) is 3.13. The molecule has 0 saturated heterocycles. The normalized spacial score (nSPS) is 12.5. The van der Waals surface area contributed by atoms with Crippen molar-refractivity contribution in [1.29, 1.82) is 0 Å². The highest BCUT2D eigenvalue weighted by molar-refractivity contribution is 5.37. The van der Waals surface area contributed by atoms with Gasteiger partial charge in [0.2, 0.25) is 0 Å². The molecule has 0 fully saturated rings. The predicted octanol–water partition coefficient (Wildman–Crippen LogP) is 2.40. The van der Waals surface area contributed by atoms with E-state index in [1.807, 2.05) is 0 Å². The molecule has 7 heteroatoms. The number of rotatable bonds is 3. The van der Waals surface area contributed by atoms with E-state index in [0.29, 0.717) is 11.9 Å². The molecule has 0 aromatic carbocycles. The number of halogens is 3. The van der Waals surface area contributed by atoms with Crippen LogP contribution in [0.5, 0.6) is 0 Å². The molecule has 2 aromatic heterocycles. The monoisotopic (exact) mass is 242 g/mol. The van der Waals surface area contributed by atoms with E-state index in [4.69, 9.17) is 0 Å². The summed E-state index contributed by atoms with van der Waals surface area (Å²) in [5.74, 6) is -3.44. The van der Waals surface area contributed by atoms with Crippen molar-refractivity contribution in [2.24, 2.45) is 0 Å². The van der Waals surface area contributed by atoms with Crippen molar-refractivity contribution in [2.75, 3.05) is 5.32 Å². The van der Waals surface area contributed by atoms with Crippen LogP contribution < -0.4 is 5.32 Å². The smallest absolute Gasteiger partial charge is 0.251 e. The van der Waals surface area contributed by atoms with Crippen LogP contribution in [0.15, 0.2) is 18.5 Å².